The lowest BCUT2D eigenvalue weighted by Gasteiger charge is -1.85. The molecule has 2 nitrogen and oxygen atoms in total. The molecule has 1 fully saturated rings. The standard InChI is InChI=1S/C6H10N2/c7-2-1-5-3-6(5)4-8/h5-6H,1-3,7H2. The monoisotopic (exact) mass is 110 g/mol. The van der Waals surface area contributed by atoms with Crippen molar-refractivity contribution in [2.75, 3.05) is 6.54 Å². The molecule has 2 heteroatoms. The van der Waals surface area contributed by atoms with Gasteiger partial charge >= 0.3 is 0 Å². The van der Waals surface area contributed by atoms with Crippen molar-refractivity contribution in [3.8, 4) is 6.07 Å². The second-order valence-electron chi connectivity index (χ2n) is 2.31. The molecule has 44 valence electrons. The molecule has 1 aliphatic carbocycles. The van der Waals surface area contributed by atoms with Gasteiger partial charge in [-0.05, 0) is 25.3 Å². The van der Waals surface area contributed by atoms with Gasteiger partial charge in [-0.25, -0.2) is 0 Å². The maximum atomic E-state index is 8.31. The highest BCUT2D eigenvalue weighted by molar-refractivity contribution is 5.00. The number of nitrogens with zero attached hydrogens (tertiary/aromatic N) is 1. The van der Waals surface area contributed by atoms with Crippen molar-refractivity contribution in [3.63, 3.8) is 0 Å². The Morgan fingerprint density at radius 3 is 2.88 bits per heavy atom. The van der Waals surface area contributed by atoms with E-state index in [-0.39, 0.29) is 0 Å². The summed E-state index contributed by atoms with van der Waals surface area (Å²) in [5.74, 6) is 0.989. The molecule has 0 aliphatic heterocycles. The molecule has 0 amide bonds. The lowest BCUT2D eigenvalue weighted by Crippen LogP contribution is -1.99. The van der Waals surface area contributed by atoms with Crippen molar-refractivity contribution in [1.29, 1.82) is 5.26 Å². The lowest BCUT2D eigenvalue weighted by molar-refractivity contribution is 0.710. The van der Waals surface area contributed by atoms with Gasteiger partial charge in [0.25, 0.3) is 0 Å². The van der Waals surface area contributed by atoms with E-state index in [1.807, 2.05) is 0 Å². The van der Waals surface area contributed by atoms with Crippen LogP contribution in [0.5, 0.6) is 0 Å². The Labute approximate surface area is 49.3 Å². The van der Waals surface area contributed by atoms with Gasteiger partial charge in [0, 0.05) is 5.92 Å². The predicted molar refractivity (Wildman–Crippen MR) is 30.9 cm³/mol. The summed E-state index contributed by atoms with van der Waals surface area (Å²) in [5, 5.41) is 8.31. The highest BCUT2D eigenvalue weighted by Crippen LogP contribution is 2.39. The van der Waals surface area contributed by atoms with Gasteiger partial charge in [-0.3, -0.25) is 0 Å². The Morgan fingerprint density at radius 2 is 2.50 bits per heavy atom. The molecule has 0 aromatic carbocycles. The first-order valence-corrected chi connectivity index (χ1v) is 2.98. The zero-order valence-corrected chi connectivity index (χ0v) is 4.80. The SMILES string of the molecule is N#CC1CC1CCN. The van der Waals surface area contributed by atoms with Gasteiger partial charge < -0.3 is 5.73 Å². The van der Waals surface area contributed by atoms with Crippen LogP contribution in [0.25, 0.3) is 0 Å². The smallest absolute Gasteiger partial charge is 0.0658 e. The molecule has 1 rings (SSSR count). The van der Waals surface area contributed by atoms with E-state index in [2.05, 4.69) is 6.07 Å². The number of hydrogen-bond acceptors (Lipinski definition) is 2. The van der Waals surface area contributed by atoms with Crippen LogP contribution in [-0.4, -0.2) is 6.54 Å². The molecule has 8 heavy (non-hydrogen) atoms. The number of nitrogens with two attached hydrogens (primary N) is 1. The summed E-state index contributed by atoms with van der Waals surface area (Å²) < 4.78 is 0. The Morgan fingerprint density at radius 1 is 1.75 bits per heavy atom. The van der Waals surface area contributed by atoms with Gasteiger partial charge in [-0.1, -0.05) is 0 Å². The Kier molecular flexibility index (Phi) is 1.50. The van der Waals surface area contributed by atoms with Crippen LogP contribution in [0, 0.1) is 23.2 Å². The Balaban J connectivity index is 2.10. The molecule has 0 aromatic heterocycles. The summed E-state index contributed by atoms with van der Waals surface area (Å²) in [6.07, 6.45) is 2.13. The first kappa shape index (κ1) is 5.58. The topological polar surface area (TPSA) is 49.8 Å². The highest BCUT2D eigenvalue weighted by Gasteiger charge is 2.35. The van der Waals surface area contributed by atoms with E-state index in [9.17, 15) is 0 Å². The largest absolute Gasteiger partial charge is 0.330 e. The van der Waals surface area contributed by atoms with Gasteiger partial charge in [0.1, 0.15) is 0 Å². The molecule has 0 aromatic rings. The fourth-order valence-corrected chi connectivity index (χ4v) is 0.939. The Hall–Kier alpha value is -0.550. The van der Waals surface area contributed by atoms with Gasteiger partial charge in [0.05, 0.1) is 6.07 Å². The predicted octanol–water partition coefficient (Wildman–Crippen LogP) is 0.495. The maximum absolute atomic E-state index is 8.31. The first-order valence-electron chi connectivity index (χ1n) is 2.98. The molecule has 0 spiro atoms. The van der Waals surface area contributed by atoms with Crippen LogP contribution in [0.3, 0.4) is 0 Å². The van der Waals surface area contributed by atoms with Crippen LogP contribution in [0.15, 0.2) is 0 Å². The van der Waals surface area contributed by atoms with Crippen molar-refractivity contribution in [2.24, 2.45) is 17.6 Å². The zero-order valence-electron chi connectivity index (χ0n) is 4.80. The summed E-state index contributed by atoms with van der Waals surface area (Å²) in [6, 6.07) is 2.22. The average Bonchev–Trinajstić information content (AvgIpc) is 2.48. The summed E-state index contributed by atoms with van der Waals surface area (Å²) in [5.41, 5.74) is 5.28. The van der Waals surface area contributed by atoms with Crippen molar-refractivity contribution in [3.05, 3.63) is 0 Å². The molecule has 2 unspecified atom stereocenters. The minimum atomic E-state index is 0.346. The van der Waals surface area contributed by atoms with E-state index in [1.165, 1.54) is 0 Å². The van der Waals surface area contributed by atoms with E-state index in [4.69, 9.17) is 11.0 Å². The van der Waals surface area contributed by atoms with Crippen molar-refractivity contribution in [2.45, 2.75) is 12.8 Å². The van der Waals surface area contributed by atoms with Crippen molar-refractivity contribution < 1.29 is 0 Å². The molecule has 2 N–H and O–H groups in total. The van der Waals surface area contributed by atoms with Crippen LogP contribution in [-0.2, 0) is 0 Å². The fourth-order valence-electron chi connectivity index (χ4n) is 0.939. The van der Waals surface area contributed by atoms with E-state index < -0.39 is 0 Å². The number of hydrogen-bond donors (Lipinski definition) is 1. The minimum absolute atomic E-state index is 0.346. The zero-order chi connectivity index (χ0) is 5.98. The highest BCUT2D eigenvalue weighted by atomic mass is 14.5. The van der Waals surface area contributed by atoms with E-state index >= 15 is 0 Å². The van der Waals surface area contributed by atoms with Gasteiger partial charge in [-0.2, -0.15) is 5.26 Å². The van der Waals surface area contributed by atoms with Crippen LogP contribution >= 0.6 is 0 Å². The van der Waals surface area contributed by atoms with E-state index in [0.29, 0.717) is 11.8 Å². The van der Waals surface area contributed by atoms with Crippen LogP contribution in [0.2, 0.25) is 0 Å². The minimum Gasteiger partial charge on any atom is -0.330 e. The van der Waals surface area contributed by atoms with Crippen molar-refractivity contribution in [1.82, 2.24) is 0 Å². The second-order valence-corrected chi connectivity index (χ2v) is 2.31. The average molecular weight is 110 g/mol. The second kappa shape index (κ2) is 2.15. The van der Waals surface area contributed by atoms with Crippen molar-refractivity contribution >= 4 is 0 Å². The van der Waals surface area contributed by atoms with Crippen LogP contribution < -0.4 is 5.73 Å². The fraction of sp³-hybridized carbons (Fsp3) is 0.833. The third-order valence-corrected chi connectivity index (χ3v) is 1.63. The molecule has 0 saturated heterocycles. The molecule has 1 aliphatic rings. The van der Waals surface area contributed by atoms with Crippen LogP contribution in [0.4, 0.5) is 0 Å². The molecule has 2 atom stereocenters. The quantitative estimate of drug-likeness (QED) is 0.562. The molecule has 0 bridgehead atoms. The summed E-state index contributed by atoms with van der Waals surface area (Å²) in [4.78, 5) is 0. The number of nitriles is 1. The summed E-state index contributed by atoms with van der Waals surface area (Å²) in [6.45, 7) is 0.739. The lowest BCUT2D eigenvalue weighted by atomic mass is 10.2. The molecule has 1 saturated carbocycles. The van der Waals surface area contributed by atoms with Crippen LogP contribution in [0.1, 0.15) is 12.8 Å². The third-order valence-electron chi connectivity index (χ3n) is 1.63. The van der Waals surface area contributed by atoms with Gasteiger partial charge in [-0.15, -0.1) is 0 Å². The molecular weight excluding hydrogens is 100 g/mol. The normalized spacial score (nSPS) is 34.0. The Bertz CT molecular complexity index is 114. The molecule has 0 radical (unpaired) electrons. The van der Waals surface area contributed by atoms with Gasteiger partial charge in [0.2, 0.25) is 0 Å². The first-order chi connectivity index (χ1) is 3.88. The van der Waals surface area contributed by atoms with E-state index in [0.717, 1.165) is 19.4 Å². The number of rotatable bonds is 2. The van der Waals surface area contributed by atoms with Gasteiger partial charge in [0.15, 0.2) is 0 Å². The maximum Gasteiger partial charge on any atom is 0.0658 e. The molecule has 0 heterocycles. The third kappa shape index (κ3) is 0.988. The summed E-state index contributed by atoms with van der Waals surface area (Å²) in [7, 11) is 0. The van der Waals surface area contributed by atoms with E-state index in [1.54, 1.807) is 0 Å². The molecular formula is C6H10N2. The summed E-state index contributed by atoms with van der Waals surface area (Å²) >= 11 is 0.